The Morgan fingerprint density at radius 3 is 2.09 bits per heavy atom. The Balaban J connectivity index is 1.45. The Kier molecular flexibility index (Phi) is 7.65. The summed E-state index contributed by atoms with van der Waals surface area (Å²) in [6.45, 7) is 3.53. The summed E-state index contributed by atoms with van der Waals surface area (Å²) in [6.07, 6.45) is 0.987. The molecule has 0 N–H and O–H groups in total. The van der Waals surface area contributed by atoms with Gasteiger partial charge in [0.2, 0.25) is 15.9 Å². The summed E-state index contributed by atoms with van der Waals surface area (Å²) in [5.41, 5.74) is 1.90. The molecule has 7 heteroatoms. The lowest BCUT2D eigenvalue weighted by atomic mass is 9.96. The van der Waals surface area contributed by atoms with Gasteiger partial charge < -0.3 is 9.64 Å². The third-order valence-corrected chi connectivity index (χ3v) is 8.01. The Morgan fingerprint density at radius 2 is 1.50 bits per heavy atom. The second kappa shape index (κ2) is 10.8. The Hall–Kier alpha value is -3.16. The van der Waals surface area contributed by atoms with Gasteiger partial charge >= 0.3 is 0 Å². The van der Waals surface area contributed by atoms with Gasteiger partial charge in [0.1, 0.15) is 5.75 Å². The normalized spacial score (nSPS) is 15.1. The molecule has 0 spiro atoms. The van der Waals surface area contributed by atoms with E-state index in [1.54, 1.807) is 24.3 Å². The minimum atomic E-state index is -3.61. The van der Waals surface area contributed by atoms with Gasteiger partial charge in [-0.25, -0.2) is 8.42 Å². The Labute approximate surface area is 201 Å². The summed E-state index contributed by atoms with van der Waals surface area (Å²) in [5.74, 6) is 0.453. The van der Waals surface area contributed by atoms with Crippen LogP contribution < -0.4 is 9.64 Å². The number of hydrogen-bond acceptors (Lipinski definition) is 4. The molecule has 1 aliphatic rings. The molecule has 0 radical (unpaired) electrons. The van der Waals surface area contributed by atoms with Crippen molar-refractivity contribution < 1.29 is 17.9 Å². The number of sulfonamides is 1. The fourth-order valence-corrected chi connectivity index (χ4v) is 5.73. The number of piperidine rings is 1. The lowest BCUT2D eigenvalue weighted by molar-refractivity contribution is -0.123. The summed E-state index contributed by atoms with van der Waals surface area (Å²) >= 11 is 0. The fraction of sp³-hybridized carbons (Fsp3) is 0.296. The monoisotopic (exact) mass is 478 g/mol. The third-order valence-electron chi connectivity index (χ3n) is 6.09. The largest absolute Gasteiger partial charge is 0.494 e. The maximum Gasteiger partial charge on any atom is 0.243 e. The van der Waals surface area contributed by atoms with Crippen LogP contribution in [-0.4, -0.2) is 38.3 Å². The zero-order chi connectivity index (χ0) is 24.0. The average Bonchev–Trinajstić information content (AvgIpc) is 2.89. The molecule has 1 saturated heterocycles. The smallest absolute Gasteiger partial charge is 0.243 e. The lowest BCUT2D eigenvalue weighted by Gasteiger charge is -2.34. The maximum absolute atomic E-state index is 13.6. The predicted molar refractivity (Wildman–Crippen MR) is 133 cm³/mol. The topological polar surface area (TPSA) is 66.9 Å². The van der Waals surface area contributed by atoms with E-state index in [9.17, 15) is 13.2 Å². The van der Waals surface area contributed by atoms with E-state index in [0.717, 1.165) is 11.3 Å². The van der Waals surface area contributed by atoms with Gasteiger partial charge in [-0.15, -0.1) is 0 Å². The van der Waals surface area contributed by atoms with Crippen molar-refractivity contribution in [3.05, 3.63) is 90.5 Å². The molecule has 34 heavy (non-hydrogen) atoms. The number of para-hydroxylation sites is 1. The Morgan fingerprint density at radius 1 is 0.912 bits per heavy atom. The van der Waals surface area contributed by atoms with Gasteiger partial charge in [-0.05, 0) is 61.7 Å². The van der Waals surface area contributed by atoms with E-state index in [1.165, 1.54) is 4.31 Å². The minimum absolute atomic E-state index is 0.0353. The van der Waals surface area contributed by atoms with Crippen LogP contribution in [0.1, 0.15) is 25.3 Å². The van der Waals surface area contributed by atoms with Crippen LogP contribution in [0, 0.1) is 5.92 Å². The van der Waals surface area contributed by atoms with Crippen molar-refractivity contribution >= 4 is 21.6 Å². The first-order valence-corrected chi connectivity index (χ1v) is 13.1. The van der Waals surface area contributed by atoms with Crippen LogP contribution in [0.15, 0.2) is 89.8 Å². The first-order valence-electron chi connectivity index (χ1n) is 11.6. The minimum Gasteiger partial charge on any atom is -0.494 e. The summed E-state index contributed by atoms with van der Waals surface area (Å²) in [7, 11) is -3.61. The van der Waals surface area contributed by atoms with Crippen molar-refractivity contribution in [2.75, 3.05) is 24.6 Å². The van der Waals surface area contributed by atoms with E-state index in [2.05, 4.69) is 0 Å². The molecule has 0 bridgehead atoms. The molecule has 1 aliphatic heterocycles. The van der Waals surface area contributed by atoms with Gasteiger partial charge in [-0.2, -0.15) is 4.31 Å². The van der Waals surface area contributed by atoms with Crippen LogP contribution in [0.3, 0.4) is 0 Å². The van der Waals surface area contributed by atoms with Crippen LogP contribution in [0.25, 0.3) is 0 Å². The maximum atomic E-state index is 13.6. The van der Waals surface area contributed by atoms with Crippen molar-refractivity contribution in [1.29, 1.82) is 0 Å². The first kappa shape index (κ1) is 24.0. The van der Waals surface area contributed by atoms with Crippen LogP contribution in [0.4, 0.5) is 5.69 Å². The van der Waals surface area contributed by atoms with Crippen molar-refractivity contribution in [2.45, 2.75) is 31.2 Å². The molecule has 0 saturated carbocycles. The van der Waals surface area contributed by atoms with E-state index in [0.29, 0.717) is 44.8 Å². The number of carbonyl (C=O) groups excluding carboxylic acids is 1. The van der Waals surface area contributed by atoms with E-state index >= 15 is 0 Å². The molecule has 3 aromatic carbocycles. The van der Waals surface area contributed by atoms with Crippen LogP contribution in [0.2, 0.25) is 0 Å². The van der Waals surface area contributed by atoms with Crippen molar-refractivity contribution in [3.8, 4) is 5.75 Å². The highest BCUT2D eigenvalue weighted by Crippen LogP contribution is 2.28. The summed E-state index contributed by atoms with van der Waals surface area (Å²) in [6, 6.07) is 26.1. The highest BCUT2D eigenvalue weighted by Gasteiger charge is 2.34. The first-order chi connectivity index (χ1) is 16.5. The van der Waals surface area contributed by atoms with Gasteiger partial charge in [0.05, 0.1) is 18.0 Å². The molecule has 4 rings (SSSR count). The molecular formula is C27H30N2O4S. The number of ether oxygens (including phenoxy) is 1. The quantitative estimate of drug-likeness (QED) is 0.470. The number of amides is 1. The van der Waals surface area contributed by atoms with E-state index in [-0.39, 0.29) is 16.7 Å². The molecule has 178 valence electrons. The van der Waals surface area contributed by atoms with Gasteiger partial charge in [0.15, 0.2) is 0 Å². The molecule has 1 heterocycles. The zero-order valence-corrected chi connectivity index (χ0v) is 20.2. The number of anilines is 1. The SMILES string of the molecule is CCOc1ccc(S(=O)(=O)N2CCC(C(=O)N(Cc3ccccc3)c3ccccc3)CC2)cc1. The molecule has 0 unspecified atom stereocenters. The van der Waals surface area contributed by atoms with Gasteiger partial charge in [-0.3, -0.25) is 4.79 Å². The lowest BCUT2D eigenvalue weighted by Crippen LogP contribution is -2.44. The van der Waals surface area contributed by atoms with Gasteiger partial charge in [0.25, 0.3) is 0 Å². The van der Waals surface area contributed by atoms with Crippen molar-refractivity contribution in [2.24, 2.45) is 5.92 Å². The molecule has 1 amide bonds. The van der Waals surface area contributed by atoms with E-state index < -0.39 is 10.0 Å². The average molecular weight is 479 g/mol. The second-order valence-corrected chi connectivity index (χ2v) is 10.3. The number of carbonyl (C=O) groups is 1. The van der Waals surface area contributed by atoms with Crippen LogP contribution >= 0.6 is 0 Å². The van der Waals surface area contributed by atoms with E-state index in [1.807, 2.05) is 72.5 Å². The molecule has 3 aromatic rings. The zero-order valence-electron chi connectivity index (χ0n) is 19.3. The third kappa shape index (κ3) is 5.48. The number of rotatable bonds is 8. The fourth-order valence-electron chi connectivity index (χ4n) is 4.26. The Bertz CT molecular complexity index is 1170. The highest BCUT2D eigenvalue weighted by molar-refractivity contribution is 7.89. The number of nitrogens with zero attached hydrogens (tertiary/aromatic N) is 2. The molecule has 0 aliphatic carbocycles. The summed E-state index contributed by atoms with van der Waals surface area (Å²) in [5, 5.41) is 0. The van der Waals surface area contributed by atoms with Crippen LogP contribution in [-0.2, 0) is 21.4 Å². The highest BCUT2D eigenvalue weighted by atomic mass is 32.2. The van der Waals surface area contributed by atoms with Crippen molar-refractivity contribution in [1.82, 2.24) is 4.31 Å². The van der Waals surface area contributed by atoms with Gasteiger partial charge in [0, 0.05) is 24.7 Å². The summed E-state index contributed by atoms with van der Waals surface area (Å²) < 4.78 is 33.1. The summed E-state index contributed by atoms with van der Waals surface area (Å²) in [4.78, 5) is 15.6. The molecule has 6 nitrogen and oxygen atoms in total. The molecule has 0 atom stereocenters. The number of hydrogen-bond donors (Lipinski definition) is 0. The van der Waals surface area contributed by atoms with Crippen LogP contribution in [0.5, 0.6) is 5.75 Å². The van der Waals surface area contributed by atoms with Crippen molar-refractivity contribution in [3.63, 3.8) is 0 Å². The molecular weight excluding hydrogens is 448 g/mol. The predicted octanol–water partition coefficient (Wildman–Crippen LogP) is 4.72. The molecule has 1 fully saturated rings. The second-order valence-electron chi connectivity index (χ2n) is 8.33. The standard InChI is InChI=1S/C27H30N2O4S/c1-2-33-25-13-15-26(16-14-25)34(31,32)28-19-17-23(18-20-28)27(30)29(24-11-7-4-8-12-24)21-22-9-5-3-6-10-22/h3-16,23H,2,17-21H2,1H3. The molecule has 0 aromatic heterocycles. The number of benzene rings is 3. The van der Waals surface area contributed by atoms with Gasteiger partial charge in [-0.1, -0.05) is 48.5 Å². The van der Waals surface area contributed by atoms with E-state index in [4.69, 9.17) is 4.74 Å².